The van der Waals surface area contributed by atoms with Gasteiger partial charge in [-0.3, -0.25) is 9.59 Å². The van der Waals surface area contributed by atoms with Crippen molar-refractivity contribution in [3.8, 4) is 0 Å². The number of benzene rings is 2. The van der Waals surface area contributed by atoms with Crippen LogP contribution in [0.2, 0.25) is 10.0 Å². The molecule has 7 heteroatoms. The van der Waals surface area contributed by atoms with E-state index < -0.39 is 0 Å². The lowest BCUT2D eigenvalue weighted by molar-refractivity contribution is -0.116. The van der Waals surface area contributed by atoms with Crippen molar-refractivity contribution >= 4 is 52.1 Å². The molecule has 0 fully saturated rings. The number of anilines is 3. The molecule has 0 saturated carbocycles. The van der Waals surface area contributed by atoms with Crippen molar-refractivity contribution in [3.05, 3.63) is 52.5 Å². The lowest BCUT2D eigenvalue weighted by Gasteiger charge is -2.10. The predicted molar refractivity (Wildman–Crippen MR) is 98.9 cm³/mol. The van der Waals surface area contributed by atoms with Crippen molar-refractivity contribution in [1.82, 2.24) is 0 Å². The quantitative estimate of drug-likeness (QED) is 0.710. The molecule has 2 aromatic rings. The summed E-state index contributed by atoms with van der Waals surface area (Å²) in [6, 6.07) is 12.0. The minimum Gasteiger partial charge on any atom is -0.376 e. The Kier molecular flexibility index (Phi) is 6.46. The van der Waals surface area contributed by atoms with Gasteiger partial charge in [0, 0.05) is 23.5 Å². The summed E-state index contributed by atoms with van der Waals surface area (Å²) in [4.78, 5) is 23.4. The number of hydrogen-bond donors (Lipinski definition) is 3. The standard InChI is InChI=1S/C17H17Cl2N3O2/c1-2-16(23)21-12-4-3-5-13(8-12)22-17(24)10-20-11-6-7-14(18)15(19)9-11/h3-9,20H,2,10H2,1H3,(H,21,23)(H,22,24). The molecule has 0 aliphatic rings. The van der Waals surface area contributed by atoms with Crippen molar-refractivity contribution < 1.29 is 9.59 Å². The van der Waals surface area contributed by atoms with Crippen LogP contribution in [0.1, 0.15) is 13.3 Å². The summed E-state index contributed by atoms with van der Waals surface area (Å²) in [5.41, 5.74) is 1.94. The van der Waals surface area contributed by atoms with E-state index in [0.29, 0.717) is 33.5 Å². The van der Waals surface area contributed by atoms with Gasteiger partial charge in [0.25, 0.3) is 0 Å². The fourth-order valence-electron chi connectivity index (χ4n) is 1.92. The van der Waals surface area contributed by atoms with Gasteiger partial charge in [-0.1, -0.05) is 36.2 Å². The number of rotatable bonds is 6. The zero-order chi connectivity index (χ0) is 17.5. The monoisotopic (exact) mass is 365 g/mol. The third-order valence-electron chi connectivity index (χ3n) is 3.12. The molecule has 0 spiro atoms. The van der Waals surface area contributed by atoms with E-state index in [1.165, 1.54) is 0 Å². The highest BCUT2D eigenvalue weighted by atomic mass is 35.5. The second-order valence-corrected chi connectivity index (χ2v) is 5.83. The molecule has 0 aliphatic carbocycles. The molecule has 126 valence electrons. The van der Waals surface area contributed by atoms with Crippen molar-refractivity contribution in [2.45, 2.75) is 13.3 Å². The van der Waals surface area contributed by atoms with Gasteiger partial charge < -0.3 is 16.0 Å². The molecule has 0 heterocycles. The second kappa shape index (κ2) is 8.57. The largest absolute Gasteiger partial charge is 0.376 e. The van der Waals surface area contributed by atoms with Gasteiger partial charge >= 0.3 is 0 Å². The number of carbonyl (C=O) groups is 2. The first-order chi connectivity index (χ1) is 11.5. The highest BCUT2D eigenvalue weighted by molar-refractivity contribution is 6.42. The number of carbonyl (C=O) groups excluding carboxylic acids is 2. The van der Waals surface area contributed by atoms with E-state index in [4.69, 9.17) is 23.2 Å². The molecule has 2 amide bonds. The SMILES string of the molecule is CCC(=O)Nc1cccc(NC(=O)CNc2ccc(Cl)c(Cl)c2)c1. The van der Waals surface area contributed by atoms with Gasteiger partial charge in [-0.05, 0) is 36.4 Å². The number of amides is 2. The molecule has 2 rings (SSSR count). The van der Waals surface area contributed by atoms with Crippen LogP contribution in [0.3, 0.4) is 0 Å². The third kappa shape index (κ3) is 5.44. The maximum absolute atomic E-state index is 12.0. The van der Waals surface area contributed by atoms with Gasteiger partial charge in [0.05, 0.1) is 16.6 Å². The number of nitrogens with one attached hydrogen (secondary N) is 3. The van der Waals surface area contributed by atoms with Gasteiger partial charge in [0.15, 0.2) is 0 Å². The first-order valence-corrected chi connectivity index (χ1v) is 8.12. The Labute approximate surface area is 150 Å². The van der Waals surface area contributed by atoms with Gasteiger partial charge in [-0.2, -0.15) is 0 Å². The fraction of sp³-hybridized carbons (Fsp3) is 0.176. The molecule has 3 N–H and O–H groups in total. The van der Waals surface area contributed by atoms with Crippen LogP contribution in [0.4, 0.5) is 17.1 Å². The highest BCUT2D eigenvalue weighted by Gasteiger charge is 2.05. The van der Waals surface area contributed by atoms with Gasteiger partial charge in [-0.25, -0.2) is 0 Å². The molecule has 24 heavy (non-hydrogen) atoms. The first kappa shape index (κ1) is 18.1. The molecule has 2 aromatic carbocycles. The summed E-state index contributed by atoms with van der Waals surface area (Å²) >= 11 is 11.8. The molecule has 0 bridgehead atoms. The molecule has 0 saturated heterocycles. The maximum Gasteiger partial charge on any atom is 0.243 e. The van der Waals surface area contributed by atoms with E-state index in [-0.39, 0.29) is 18.4 Å². The van der Waals surface area contributed by atoms with Crippen LogP contribution in [-0.4, -0.2) is 18.4 Å². The van der Waals surface area contributed by atoms with Crippen LogP contribution in [0, 0.1) is 0 Å². The topological polar surface area (TPSA) is 70.2 Å². The highest BCUT2D eigenvalue weighted by Crippen LogP contribution is 2.24. The molecule has 0 atom stereocenters. The summed E-state index contributed by atoms with van der Waals surface area (Å²) in [6.07, 6.45) is 0.393. The summed E-state index contributed by atoms with van der Waals surface area (Å²) in [5, 5.41) is 9.34. The van der Waals surface area contributed by atoms with Gasteiger partial charge in [0.2, 0.25) is 11.8 Å². The molecule has 0 aliphatic heterocycles. The minimum absolute atomic E-state index is 0.0729. The Morgan fingerprint density at radius 3 is 2.17 bits per heavy atom. The zero-order valence-corrected chi connectivity index (χ0v) is 14.5. The lowest BCUT2D eigenvalue weighted by atomic mass is 10.2. The van der Waals surface area contributed by atoms with E-state index in [0.717, 1.165) is 0 Å². The van der Waals surface area contributed by atoms with E-state index in [9.17, 15) is 9.59 Å². The molecule has 0 unspecified atom stereocenters. The van der Waals surface area contributed by atoms with Gasteiger partial charge in [0.1, 0.15) is 0 Å². The average Bonchev–Trinajstić information content (AvgIpc) is 2.56. The Hall–Kier alpha value is -2.24. The Morgan fingerprint density at radius 1 is 0.875 bits per heavy atom. The van der Waals surface area contributed by atoms with Crippen LogP contribution >= 0.6 is 23.2 Å². The van der Waals surface area contributed by atoms with Crippen molar-refractivity contribution in [2.75, 3.05) is 22.5 Å². The summed E-state index contributed by atoms with van der Waals surface area (Å²) in [6.45, 7) is 1.85. The van der Waals surface area contributed by atoms with E-state index >= 15 is 0 Å². The number of halogens is 2. The minimum atomic E-state index is -0.222. The lowest BCUT2D eigenvalue weighted by Crippen LogP contribution is -2.21. The fourth-order valence-corrected chi connectivity index (χ4v) is 2.22. The van der Waals surface area contributed by atoms with Crippen LogP contribution < -0.4 is 16.0 Å². The molecular weight excluding hydrogens is 349 g/mol. The van der Waals surface area contributed by atoms with Gasteiger partial charge in [-0.15, -0.1) is 0 Å². The van der Waals surface area contributed by atoms with Crippen LogP contribution in [0.15, 0.2) is 42.5 Å². The average molecular weight is 366 g/mol. The van der Waals surface area contributed by atoms with E-state index in [1.54, 1.807) is 49.4 Å². The molecule has 5 nitrogen and oxygen atoms in total. The Morgan fingerprint density at radius 2 is 1.54 bits per heavy atom. The summed E-state index contributed by atoms with van der Waals surface area (Å²) in [5.74, 6) is -0.306. The van der Waals surface area contributed by atoms with Crippen molar-refractivity contribution in [3.63, 3.8) is 0 Å². The smallest absolute Gasteiger partial charge is 0.243 e. The van der Waals surface area contributed by atoms with E-state index in [2.05, 4.69) is 16.0 Å². The number of hydrogen-bond acceptors (Lipinski definition) is 3. The van der Waals surface area contributed by atoms with Crippen LogP contribution in [-0.2, 0) is 9.59 Å². The van der Waals surface area contributed by atoms with E-state index in [1.807, 2.05) is 0 Å². The van der Waals surface area contributed by atoms with Crippen molar-refractivity contribution in [1.29, 1.82) is 0 Å². The van der Waals surface area contributed by atoms with Crippen molar-refractivity contribution in [2.24, 2.45) is 0 Å². The zero-order valence-electron chi connectivity index (χ0n) is 13.0. The molecule has 0 radical (unpaired) electrons. The predicted octanol–water partition coefficient (Wildman–Crippen LogP) is 4.39. The third-order valence-corrected chi connectivity index (χ3v) is 3.86. The maximum atomic E-state index is 12.0. The molecule has 0 aromatic heterocycles. The first-order valence-electron chi connectivity index (χ1n) is 7.36. The Bertz CT molecular complexity index is 750. The normalized spacial score (nSPS) is 10.1. The summed E-state index contributed by atoms with van der Waals surface area (Å²) in [7, 11) is 0. The summed E-state index contributed by atoms with van der Waals surface area (Å²) < 4.78 is 0. The molecular formula is C17H17Cl2N3O2. The van der Waals surface area contributed by atoms with Crippen LogP contribution in [0.5, 0.6) is 0 Å². The Balaban J connectivity index is 1.91. The van der Waals surface area contributed by atoms with Crippen LogP contribution in [0.25, 0.3) is 0 Å². The second-order valence-electron chi connectivity index (χ2n) is 5.01.